The Labute approximate surface area is 205 Å². The van der Waals surface area contributed by atoms with Crippen LogP contribution in [0.25, 0.3) is 11.3 Å². The SMILES string of the molecule is COc1cccc(-c2csc(NC(=O)c3ccc(S(=O)(=O)N(CC(C)C)CC(C)C)cc3)n2)c1. The molecule has 0 aliphatic carbocycles. The van der Waals surface area contributed by atoms with Crippen molar-refractivity contribution in [3.8, 4) is 17.0 Å². The Hall–Kier alpha value is -2.75. The Kier molecular flexibility index (Phi) is 8.46. The number of hydrogen-bond donors (Lipinski definition) is 1. The van der Waals surface area contributed by atoms with Crippen molar-refractivity contribution in [1.82, 2.24) is 9.29 Å². The molecule has 1 N–H and O–H groups in total. The first-order valence-corrected chi connectivity index (χ1v) is 13.4. The highest BCUT2D eigenvalue weighted by molar-refractivity contribution is 7.89. The first-order chi connectivity index (χ1) is 16.1. The van der Waals surface area contributed by atoms with E-state index in [9.17, 15) is 13.2 Å². The molecule has 0 atom stereocenters. The highest BCUT2D eigenvalue weighted by atomic mass is 32.2. The molecule has 0 fully saturated rings. The van der Waals surface area contributed by atoms with Gasteiger partial charge in [0.25, 0.3) is 5.91 Å². The van der Waals surface area contributed by atoms with E-state index in [0.29, 0.717) is 23.8 Å². The summed E-state index contributed by atoms with van der Waals surface area (Å²) < 4.78 is 33.1. The molecule has 9 heteroatoms. The molecule has 3 aromatic rings. The van der Waals surface area contributed by atoms with Crippen molar-refractivity contribution in [1.29, 1.82) is 0 Å². The lowest BCUT2D eigenvalue weighted by atomic mass is 10.2. The fraction of sp³-hybridized carbons (Fsp3) is 0.360. The molecule has 1 heterocycles. The molecule has 0 aliphatic heterocycles. The third-order valence-electron chi connectivity index (χ3n) is 4.98. The van der Waals surface area contributed by atoms with Gasteiger partial charge in [-0.3, -0.25) is 10.1 Å². The first-order valence-electron chi connectivity index (χ1n) is 11.1. The minimum atomic E-state index is -3.64. The van der Waals surface area contributed by atoms with E-state index in [1.54, 1.807) is 7.11 Å². The predicted octanol–water partition coefficient (Wildman–Crippen LogP) is 5.37. The monoisotopic (exact) mass is 501 g/mol. The van der Waals surface area contributed by atoms with Gasteiger partial charge in [0.15, 0.2) is 5.13 Å². The van der Waals surface area contributed by atoms with Crippen LogP contribution in [0.15, 0.2) is 58.8 Å². The van der Waals surface area contributed by atoms with Crippen LogP contribution in [-0.2, 0) is 10.0 Å². The Morgan fingerprint density at radius 1 is 1.06 bits per heavy atom. The van der Waals surface area contributed by atoms with Gasteiger partial charge in [0, 0.05) is 29.6 Å². The van der Waals surface area contributed by atoms with E-state index in [1.165, 1.54) is 39.9 Å². The molecule has 2 aromatic carbocycles. The summed E-state index contributed by atoms with van der Waals surface area (Å²) in [6.45, 7) is 8.87. The fourth-order valence-corrected chi connectivity index (χ4v) is 5.91. The van der Waals surface area contributed by atoms with E-state index in [0.717, 1.165) is 17.0 Å². The number of benzene rings is 2. The van der Waals surface area contributed by atoms with Crippen LogP contribution in [0.5, 0.6) is 5.75 Å². The van der Waals surface area contributed by atoms with Crippen molar-refractivity contribution in [2.75, 3.05) is 25.5 Å². The maximum atomic E-state index is 13.2. The number of ether oxygens (including phenoxy) is 1. The van der Waals surface area contributed by atoms with Crippen LogP contribution < -0.4 is 10.1 Å². The van der Waals surface area contributed by atoms with Crippen molar-refractivity contribution in [2.24, 2.45) is 11.8 Å². The van der Waals surface area contributed by atoms with Gasteiger partial charge in [0.1, 0.15) is 5.75 Å². The van der Waals surface area contributed by atoms with Crippen molar-refractivity contribution in [2.45, 2.75) is 32.6 Å². The molecular weight excluding hydrogens is 470 g/mol. The number of thiazole rings is 1. The van der Waals surface area contributed by atoms with Crippen molar-refractivity contribution in [3.63, 3.8) is 0 Å². The number of rotatable bonds is 10. The number of carbonyl (C=O) groups excluding carboxylic acids is 1. The highest BCUT2D eigenvalue weighted by Gasteiger charge is 2.26. The molecule has 0 saturated carbocycles. The zero-order valence-electron chi connectivity index (χ0n) is 20.1. The van der Waals surface area contributed by atoms with Gasteiger partial charge >= 0.3 is 0 Å². The normalized spacial score (nSPS) is 11.9. The summed E-state index contributed by atoms with van der Waals surface area (Å²) >= 11 is 1.32. The van der Waals surface area contributed by atoms with Gasteiger partial charge in [-0.2, -0.15) is 4.31 Å². The Balaban J connectivity index is 1.73. The van der Waals surface area contributed by atoms with Crippen molar-refractivity contribution < 1.29 is 17.9 Å². The average Bonchev–Trinajstić information content (AvgIpc) is 3.26. The lowest BCUT2D eigenvalue weighted by molar-refractivity contribution is 0.102. The topological polar surface area (TPSA) is 88.6 Å². The Morgan fingerprint density at radius 2 is 1.71 bits per heavy atom. The number of anilines is 1. The molecule has 0 spiro atoms. The van der Waals surface area contributed by atoms with Crippen LogP contribution >= 0.6 is 11.3 Å². The van der Waals surface area contributed by atoms with Crippen LogP contribution in [0.3, 0.4) is 0 Å². The maximum Gasteiger partial charge on any atom is 0.257 e. The predicted molar refractivity (Wildman–Crippen MR) is 137 cm³/mol. The third-order valence-corrected chi connectivity index (χ3v) is 7.59. The summed E-state index contributed by atoms with van der Waals surface area (Å²) in [7, 11) is -2.04. The van der Waals surface area contributed by atoms with Gasteiger partial charge in [-0.25, -0.2) is 13.4 Å². The average molecular weight is 502 g/mol. The van der Waals surface area contributed by atoms with E-state index >= 15 is 0 Å². The van der Waals surface area contributed by atoms with E-state index in [-0.39, 0.29) is 22.6 Å². The highest BCUT2D eigenvalue weighted by Crippen LogP contribution is 2.28. The number of sulfonamides is 1. The molecule has 3 rings (SSSR count). The minimum Gasteiger partial charge on any atom is -0.497 e. The summed E-state index contributed by atoms with van der Waals surface area (Å²) in [5.74, 6) is 0.792. The summed E-state index contributed by atoms with van der Waals surface area (Å²) in [4.78, 5) is 17.4. The molecule has 0 radical (unpaired) electrons. The zero-order valence-corrected chi connectivity index (χ0v) is 21.7. The zero-order chi connectivity index (χ0) is 24.9. The van der Waals surface area contributed by atoms with Crippen LogP contribution in [-0.4, -0.2) is 43.8 Å². The molecule has 34 heavy (non-hydrogen) atoms. The Morgan fingerprint density at radius 3 is 2.29 bits per heavy atom. The van der Waals surface area contributed by atoms with Crippen LogP contribution in [0.1, 0.15) is 38.1 Å². The molecule has 0 unspecified atom stereocenters. The maximum absolute atomic E-state index is 13.2. The van der Waals surface area contributed by atoms with Crippen LogP contribution in [0.2, 0.25) is 0 Å². The quantitative estimate of drug-likeness (QED) is 0.403. The molecule has 0 aliphatic rings. The van der Waals surface area contributed by atoms with Gasteiger partial charge in [-0.15, -0.1) is 11.3 Å². The van der Waals surface area contributed by atoms with Gasteiger partial charge in [0.05, 0.1) is 17.7 Å². The van der Waals surface area contributed by atoms with Gasteiger partial charge < -0.3 is 4.74 Å². The molecule has 0 saturated heterocycles. The molecule has 1 amide bonds. The number of nitrogens with zero attached hydrogens (tertiary/aromatic N) is 2. The van der Waals surface area contributed by atoms with E-state index in [1.807, 2.05) is 57.3 Å². The summed E-state index contributed by atoms with van der Waals surface area (Å²) in [6.07, 6.45) is 0. The molecular formula is C25H31N3O4S2. The smallest absolute Gasteiger partial charge is 0.257 e. The van der Waals surface area contributed by atoms with E-state index in [2.05, 4.69) is 10.3 Å². The second-order valence-corrected chi connectivity index (χ2v) is 11.7. The third kappa shape index (κ3) is 6.43. The number of amides is 1. The molecule has 182 valence electrons. The molecule has 7 nitrogen and oxygen atoms in total. The second-order valence-electron chi connectivity index (χ2n) is 8.86. The van der Waals surface area contributed by atoms with E-state index in [4.69, 9.17) is 4.74 Å². The first kappa shape index (κ1) is 25.9. The summed E-state index contributed by atoms with van der Waals surface area (Å²) in [5, 5.41) is 5.10. The summed E-state index contributed by atoms with van der Waals surface area (Å²) in [6, 6.07) is 13.6. The van der Waals surface area contributed by atoms with Crippen LogP contribution in [0, 0.1) is 11.8 Å². The number of nitrogens with one attached hydrogen (secondary N) is 1. The molecule has 1 aromatic heterocycles. The Bertz CT molecular complexity index is 1210. The minimum absolute atomic E-state index is 0.180. The standard InChI is InChI=1S/C25H31N3O4S2/c1-17(2)14-28(15-18(3)4)34(30,31)22-11-9-19(10-12-22)24(29)27-25-26-23(16-33-25)20-7-6-8-21(13-20)32-5/h6-13,16-18H,14-15H2,1-5H3,(H,26,27,29). The van der Waals surface area contributed by atoms with Crippen molar-refractivity contribution >= 4 is 32.4 Å². The number of aromatic nitrogens is 1. The van der Waals surface area contributed by atoms with Crippen molar-refractivity contribution in [3.05, 3.63) is 59.5 Å². The van der Waals surface area contributed by atoms with Gasteiger partial charge in [-0.1, -0.05) is 39.8 Å². The van der Waals surface area contributed by atoms with Crippen LogP contribution in [0.4, 0.5) is 5.13 Å². The second kappa shape index (κ2) is 11.1. The molecule has 0 bridgehead atoms. The summed E-state index contributed by atoms with van der Waals surface area (Å²) in [5.41, 5.74) is 1.98. The fourth-order valence-electron chi connectivity index (χ4n) is 3.43. The number of hydrogen-bond acceptors (Lipinski definition) is 6. The van der Waals surface area contributed by atoms with E-state index < -0.39 is 10.0 Å². The van der Waals surface area contributed by atoms with Gasteiger partial charge in [-0.05, 0) is 48.2 Å². The lowest BCUT2D eigenvalue weighted by Gasteiger charge is -2.25. The van der Waals surface area contributed by atoms with Gasteiger partial charge in [0.2, 0.25) is 10.0 Å². The number of methoxy groups -OCH3 is 1. The largest absolute Gasteiger partial charge is 0.497 e. The number of carbonyl (C=O) groups is 1. The lowest BCUT2D eigenvalue weighted by Crippen LogP contribution is -2.37.